The summed E-state index contributed by atoms with van der Waals surface area (Å²) in [5.41, 5.74) is 1.69. The largest absolute Gasteiger partial charge is 0.462 e. The molecule has 0 aliphatic carbocycles. The summed E-state index contributed by atoms with van der Waals surface area (Å²) in [6.45, 7) is 1.90. The Labute approximate surface area is 136 Å². The van der Waals surface area contributed by atoms with Crippen LogP contribution in [-0.2, 0) is 20.7 Å². The van der Waals surface area contributed by atoms with Crippen molar-refractivity contribution in [2.75, 3.05) is 26.0 Å². The number of nitrogens with one attached hydrogen (secondary N) is 1. The number of ether oxygens (including phenoxy) is 1. The maximum absolute atomic E-state index is 11.5. The average Bonchev–Trinajstić information content (AvgIpc) is 2.54. The summed E-state index contributed by atoms with van der Waals surface area (Å²) in [6.07, 6.45) is 2.45. The number of nitriles is 1. The van der Waals surface area contributed by atoms with E-state index in [4.69, 9.17) is 10.00 Å². The van der Waals surface area contributed by atoms with Crippen LogP contribution in [0.25, 0.3) is 0 Å². The first-order valence-corrected chi connectivity index (χ1v) is 7.31. The fourth-order valence-corrected chi connectivity index (χ4v) is 1.74. The molecule has 1 aromatic carbocycles. The molecule has 0 saturated carbocycles. The molecular formula is C17H21N3O3. The molecule has 0 aliphatic heterocycles. The highest BCUT2D eigenvalue weighted by Crippen LogP contribution is 2.12. The number of hydrogen-bond donors (Lipinski definition) is 1. The second-order valence-electron chi connectivity index (χ2n) is 5.02. The third kappa shape index (κ3) is 6.22. The first-order valence-electron chi connectivity index (χ1n) is 7.31. The Kier molecular flexibility index (Phi) is 7.34. The summed E-state index contributed by atoms with van der Waals surface area (Å²) in [5, 5.41) is 11.8. The molecular weight excluding hydrogens is 294 g/mol. The van der Waals surface area contributed by atoms with Crippen molar-refractivity contribution in [3.05, 3.63) is 41.6 Å². The maximum Gasteiger partial charge on any atom is 0.350 e. The normalized spacial score (nSPS) is 10.6. The number of amides is 1. The van der Waals surface area contributed by atoms with E-state index in [0.717, 1.165) is 11.3 Å². The number of aryl methyl sites for hydroxylation is 1. The van der Waals surface area contributed by atoms with Crippen molar-refractivity contribution in [1.82, 2.24) is 4.90 Å². The average molecular weight is 315 g/mol. The molecule has 0 aliphatic rings. The number of carbonyl (C=O) groups excluding carboxylic acids is 2. The van der Waals surface area contributed by atoms with Crippen LogP contribution in [0.5, 0.6) is 0 Å². The zero-order chi connectivity index (χ0) is 17.2. The number of carbonyl (C=O) groups is 2. The predicted octanol–water partition coefficient (Wildman–Crippen LogP) is 2.09. The molecule has 122 valence electrons. The summed E-state index contributed by atoms with van der Waals surface area (Å²) in [6, 6.07) is 9.24. The van der Waals surface area contributed by atoms with Crippen LogP contribution in [0, 0.1) is 11.3 Å². The van der Waals surface area contributed by atoms with Crippen LogP contribution in [0.2, 0.25) is 0 Å². The SMILES string of the molecule is CCOC(=O)/C(C#N)=C\Nc1ccc(CCC(=O)N(C)C)cc1. The Hall–Kier alpha value is -2.81. The van der Waals surface area contributed by atoms with Crippen molar-refractivity contribution in [2.24, 2.45) is 0 Å². The lowest BCUT2D eigenvalue weighted by atomic mass is 10.1. The Morgan fingerprint density at radius 1 is 1.30 bits per heavy atom. The molecule has 23 heavy (non-hydrogen) atoms. The highest BCUT2D eigenvalue weighted by atomic mass is 16.5. The predicted molar refractivity (Wildman–Crippen MR) is 87.4 cm³/mol. The van der Waals surface area contributed by atoms with Gasteiger partial charge in [-0.1, -0.05) is 12.1 Å². The summed E-state index contributed by atoms with van der Waals surface area (Å²) in [5.74, 6) is -0.565. The highest BCUT2D eigenvalue weighted by molar-refractivity contribution is 5.93. The van der Waals surface area contributed by atoms with Gasteiger partial charge < -0.3 is 15.0 Å². The molecule has 0 unspecified atom stereocenters. The van der Waals surface area contributed by atoms with Gasteiger partial charge in [0.05, 0.1) is 6.61 Å². The molecule has 0 atom stereocenters. The zero-order valence-corrected chi connectivity index (χ0v) is 13.6. The number of anilines is 1. The van der Waals surface area contributed by atoms with Gasteiger partial charge in [0.2, 0.25) is 5.91 Å². The molecule has 1 aromatic rings. The second-order valence-corrected chi connectivity index (χ2v) is 5.02. The number of esters is 1. The van der Waals surface area contributed by atoms with Gasteiger partial charge in [-0.3, -0.25) is 4.79 Å². The first kappa shape index (κ1) is 18.2. The molecule has 1 N–H and O–H groups in total. The minimum Gasteiger partial charge on any atom is -0.462 e. The van der Waals surface area contributed by atoms with Crippen LogP contribution in [-0.4, -0.2) is 37.5 Å². The molecule has 0 bridgehead atoms. The van der Waals surface area contributed by atoms with Crippen LogP contribution in [0.1, 0.15) is 18.9 Å². The van der Waals surface area contributed by atoms with Gasteiger partial charge in [0.15, 0.2) is 5.57 Å². The lowest BCUT2D eigenvalue weighted by Crippen LogP contribution is -2.21. The van der Waals surface area contributed by atoms with Crippen molar-refractivity contribution in [3.8, 4) is 6.07 Å². The van der Waals surface area contributed by atoms with Gasteiger partial charge in [-0.2, -0.15) is 5.26 Å². The van der Waals surface area contributed by atoms with Crippen molar-refractivity contribution in [3.63, 3.8) is 0 Å². The van der Waals surface area contributed by atoms with Crippen LogP contribution in [0.3, 0.4) is 0 Å². The van der Waals surface area contributed by atoms with Crippen LogP contribution in [0.15, 0.2) is 36.0 Å². The summed E-state index contributed by atoms with van der Waals surface area (Å²) < 4.78 is 4.77. The minimum atomic E-state index is -0.652. The lowest BCUT2D eigenvalue weighted by Gasteiger charge is -2.10. The topological polar surface area (TPSA) is 82.4 Å². The molecule has 6 nitrogen and oxygen atoms in total. The number of hydrogen-bond acceptors (Lipinski definition) is 5. The standard InChI is InChI=1S/C17H21N3O3/c1-4-23-17(22)14(11-18)12-19-15-8-5-13(6-9-15)7-10-16(21)20(2)3/h5-6,8-9,12,19H,4,7,10H2,1-3H3/b14-12-. The minimum absolute atomic E-state index is 0.0863. The van der Waals surface area contributed by atoms with Crippen molar-refractivity contribution >= 4 is 17.6 Å². The van der Waals surface area contributed by atoms with E-state index in [1.54, 1.807) is 32.0 Å². The van der Waals surface area contributed by atoms with E-state index < -0.39 is 5.97 Å². The summed E-state index contributed by atoms with van der Waals surface area (Å²) in [4.78, 5) is 24.6. The maximum atomic E-state index is 11.5. The van der Waals surface area contributed by atoms with Gasteiger partial charge in [-0.15, -0.1) is 0 Å². The van der Waals surface area contributed by atoms with Crippen LogP contribution < -0.4 is 5.32 Å². The van der Waals surface area contributed by atoms with Crippen molar-refractivity contribution in [2.45, 2.75) is 19.8 Å². The van der Waals surface area contributed by atoms with Crippen LogP contribution >= 0.6 is 0 Å². The zero-order valence-electron chi connectivity index (χ0n) is 13.6. The van der Waals surface area contributed by atoms with Crippen molar-refractivity contribution < 1.29 is 14.3 Å². The molecule has 0 heterocycles. The van der Waals surface area contributed by atoms with E-state index in [1.165, 1.54) is 6.20 Å². The van der Waals surface area contributed by atoms with Gasteiger partial charge in [0.1, 0.15) is 6.07 Å². The van der Waals surface area contributed by atoms with E-state index in [-0.39, 0.29) is 18.1 Å². The molecule has 0 aromatic heterocycles. The Balaban J connectivity index is 2.62. The molecule has 1 amide bonds. The third-order valence-electron chi connectivity index (χ3n) is 3.08. The van der Waals surface area contributed by atoms with Gasteiger partial charge in [0.25, 0.3) is 0 Å². The van der Waals surface area contributed by atoms with Crippen molar-refractivity contribution in [1.29, 1.82) is 5.26 Å². The van der Waals surface area contributed by atoms with E-state index >= 15 is 0 Å². The molecule has 0 spiro atoms. The summed E-state index contributed by atoms with van der Waals surface area (Å²) >= 11 is 0. The number of benzene rings is 1. The monoisotopic (exact) mass is 315 g/mol. The van der Waals surface area contributed by atoms with Gasteiger partial charge >= 0.3 is 5.97 Å². The molecule has 0 fully saturated rings. The number of rotatable bonds is 7. The summed E-state index contributed by atoms with van der Waals surface area (Å²) in [7, 11) is 3.47. The first-order chi connectivity index (χ1) is 11.0. The Bertz CT molecular complexity index is 613. The second kappa shape index (κ2) is 9.26. The van der Waals surface area contributed by atoms with Gasteiger partial charge in [-0.05, 0) is 31.0 Å². The fourth-order valence-electron chi connectivity index (χ4n) is 1.74. The van der Waals surface area contributed by atoms with E-state index in [1.807, 2.05) is 24.3 Å². The Morgan fingerprint density at radius 3 is 2.48 bits per heavy atom. The smallest absolute Gasteiger partial charge is 0.350 e. The third-order valence-corrected chi connectivity index (χ3v) is 3.08. The molecule has 1 rings (SSSR count). The quantitative estimate of drug-likeness (QED) is 0.473. The highest BCUT2D eigenvalue weighted by Gasteiger charge is 2.09. The molecule has 0 saturated heterocycles. The van der Waals surface area contributed by atoms with Gasteiger partial charge in [-0.25, -0.2) is 4.79 Å². The van der Waals surface area contributed by atoms with Gasteiger partial charge in [0, 0.05) is 32.4 Å². The fraction of sp³-hybridized carbons (Fsp3) is 0.353. The Morgan fingerprint density at radius 2 is 1.96 bits per heavy atom. The van der Waals surface area contributed by atoms with E-state index in [9.17, 15) is 9.59 Å². The van der Waals surface area contributed by atoms with Crippen LogP contribution in [0.4, 0.5) is 5.69 Å². The number of nitrogens with zero attached hydrogens (tertiary/aromatic N) is 2. The lowest BCUT2D eigenvalue weighted by molar-refractivity contribution is -0.138. The molecule has 6 heteroatoms. The van der Waals surface area contributed by atoms with E-state index in [0.29, 0.717) is 12.8 Å². The molecule has 0 radical (unpaired) electrons. The van der Waals surface area contributed by atoms with E-state index in [2.05, 4.69) is 5.32 Å².